The summed E-state index contributed by atoms with van der Waals surface area (Å²) in [6, 6.07) is 14.5. The van der Waals surface area contributed by atoms with E-state index in [1.54, 1.807) is 47.1 Å². The standard InChI is InChI=1S/C25H29N3O5S/c1-24(9-10-24)34(32,33)26-21-4-2-3-20(17-21)18-5-7-19(8-6-18)22(29)27-13-15-28(16-14-27)23(30)25(31)11-12-25/h2-8,17,26,31H,9-16H2,1H3. The minimum atomic E-state index is -3.42. The number of carbonyl (C=O) groups is 2. The normalized spacial score (nSPS) is 20.5. The molecule has 0 bridgehead atoms. The molecule has 3 fully saturated rings. The Balaban J connectivity index is 1.23. The van der Waals surface area contributed by atoms with Gasteiger partial charge in [-0.3, -0.25) is 14.3 Å². The van der Waals surface area contributed by atoms with Crippen LogP contribution in [0.3, 0.4) is 0 Å². The molecule has 180 valence electrons. The van der Waals surface area contributed by atoms with E-state index in [1.807, 2.05) is 18.2 Å². The second-order valence-corrected chi connectivity index (χ2v) is 12.0. The van der Waals surface area contributed by atoms with Gasteiger partial charge in [-0.25, -0.2) is 8.42 Å². The summed E-state index contributed by atoms with van der Waals surface area (Å²) in [6.45, 7) is 3.47. The number of aliphatic hydroxyl groups is 1. The van der Waals surface area contributed by atoms with Crippen LogP contribution in [-0.2, 0) is 14.8 Å². The van der Waals surface area contributed by atoms with Crippen molar-refractivity contribution < 1.29 is 23.1 Å². The quantitative estimate of drug-likeness (QED) is 0.656. The highest BCUT2D eigenvalue weighted by Gasteiger charge is 2.51. The number of nitrogens with zero attached hydrogens (tertiary/aromatic N) is 2. The van der Waals surface area contributed by atoms with Crippen molar-refractivity contribution in [1.29, 1.82) is 0 Å². The topological polar surface area (TPSA) is 107 Å². The number of carbonyl (C=O) groups excluding carboxylic acids is 2. The number of sulfonamides is 1. The lowest BCUT2D eigenvalue weighted by Crippen LogP contribution is -2.53. The molecule has 34 heavy (non-hydrogen) atoms. The van der Waals surface area contributed by atoms with Gasteiger partial charge < -0.3 is 14.9 Å². The monoisotopic (exact) mass is 483 g/mol. The second kappa shape index (κ2) is 8.09. The smallest absolute Gasteiger partial charge is 0.254 e. The molecule has 0 aromatic heterocycles. The molecule has 2 aromatic carbocycles. The predicted molar refractivity (Wildman–Crippen MR) is 129 cm³/mol. The molecule has 2 N–H and O–H groups in total. The average Bonchev–Trinajstić information content (AvgIpc) is 3.77. The molecule has 8 nitrogen and oxygen atoms in total. The van der Waals surface area contributed by atoms with Crippen LogP contribution in [0.15, 0.2) is 48.5 Å². The lowest BCUT2D eigenvalue weighted by Gasteiger charge is -2.35. The molecule has 0 spiro atoms. The van der Waals surface area contributed by atoms with E-state index in [4.69, 9.17) is 0 Å². The lowest BCUT2D eigenvalue weighted by molar-refractivity contribution is -0.143. The molecule has 0 radical (unpaired) electrons. The van der Waals surface area contributed by atoms with Crippen molar-refractivity contribution >= 4 is 27.5 Å². The second-order valence-electron chi connectivity index (χ2n) is 9.83. The first kappa shape index (κ1) is 22.9. The highest BCUT2D eigenvalue weighted by atomic mass is 32.2. The average molecular weight is 484 g/mol. The highest BCUT2D eigenvalue weighted by molar-refractivity contribution is 7.94. The van der Waals surface area contributed by atoms with E-state index in [9.17, 15) is 23.1 Å². The number of rotatable bonds is 6. The van der Waals surface area contributed by atoms with E-state index in [0.29, 0.717) is 63.1 Å². The molecule has 3 aliphatic rings. The summed E-state index contributed by atoms with van der Waals surface area (Å²) in [6.07, 6.45) is 2.38. The highest BCUT2D eigenvalue weighted by Crippen LogP contribution is 2.43. The largest absolute Gasteiger partial charge is 0.380 e. The lowest BCUT2D eigenvalue weighted by atomic mass is 10.0. The molecule has 2 saturated carbocycles. The predicted octanol–water partition coefficient (Wildman–Crippen LogP) is 2.46. The summed E-state index contributed by atoms with van der Waals surface area (Å²) in [5, 5.41) is 10.0. The van der Waals surface area contributed by atoms with Crippen molar-refractivity contribution in [2.24, 2.45) is 0 Å². The number of piperazine rings is 1. The molecule has 2 amide bonds. The molecule has 1 saturated heterocycles. The van der Waals surface area contributed by atoms with Gasteiger partial charge in [-0.2, -0.15) is 0 Å². The maximum Gasteiger partial charge on any atom is 0.254 e. The van der Waals surface area contributed by atoms with Crippen molar-refractivity contribution in [3.8, 4) is 11.1 Å². The first-order chi connectivity index (χ1) is 16.1. The molecule has 2 aromatic rings. The number of nitrogens with one attached hydrogen (secondary N) is 1. The summed E-state index contributed by atoms with van der Waals surface area (Å²) in [5.41, 5.74) is 1.64. The first-order valence-electron chi connectivity index (χ1n) is 11.6. The first-order valence-corrected chi connectivity index (χ1v) is 13.1. The number of hydrogen-bond acceptors (Lipinski definition) is 5. The maximum atomic E-state index is 12.9. The summed E-state index contributed by atoms with van der Waals surface area (Å²) in [5.74, 6) is -0.317. The van der Waals surface area contributed by atoms with Crippen LogP contribution in [-0.4, -0.2) is 71.7 Å². The Labute approximate surface area is 199 Å². The zero-order valence-electron chi connectivity index (χ0n) is 19.2. The van der Waals surface area contributed by atoms with Gasteiger partial charge in [0, 0.05) is 37.4 Å². The Hall–Kier alpha value is -2.91. The molecule has 1 aliphatic heterocycles. The van der Waals surface area contributed by atoms with Crippen LogP contribution in [0.5, 0.6) is 0 Å². The molecule has 9 heteroatoms. The zero-order chi connectivity index (χ0) is 24.1. The Bertz CT molecular complexity index is 1230. The molecule has 5 rings (SSSR count). The Morgan fingerprint density at radius 3 is 2.09 bits per heavy atom. The fourth-order valence-electron chi connectivity index (χ4n) is 4.21. The fourth-order valence-corrected chi connectivity index (χ4v) is 5.54. The molecular formula is C25H29N3O5S. The number of hydrogen-bond donors (Lipinski definition) is 2. The molecule has 2 aliphatic carbocycles. The van der Waals surface area contributed by atoms with Crippen LogP contribution >= 0.6 is 0 Å². The molecule has 0 atom stereocenters. The number of benzene rings is 2. The summed E-state index contributed by atoms with van der Waals surface area (Å²) < 4.78 is 27.1. The summed E-state index contributed by atoms with van der Waals surface area (Å²) in [7, 11) is -3.42. The van der Waals surface area contributed by atoms with Gasteiger partial charge in [0.2, 0.25) is 10.0 Å². The maximum absolute atomic E-state index is 12.9. The molecular weight excluding hydrogens is 454 g/mol. The van der Waals surface area contributed by atoms with Crippen LogP contribution in [0, 0.1) is 0 Å². The van der Waals surface area contributed by atoms with Crippen molar-refractivity contribution in [2.45, 2.75) is 43.0 Å². The van der Waals surface area contributed by atoms with E-state index >= 15 is 0 Å². The third kappa shape index (κ3) is 4.30. The van der Waals surface area contributed by atoms with Gasteiger partial charge in [0.1, 0.15) is 5.60 Å². The zero-order valence-corrected chi connectivity index (χ0v) is 20.0. The van der Waals surface area contributed by atoms with E-state index in [2.05, 4.69) is 4.72 Å². The van der Waals surface area contributed by atoms with Gasteiger partial charge in [-0.05, 0) is 68.0 Å². The third-order valence-corrected chi connectivity index (χ3v) is 9.37. The van der Waals surface area contributed by atoms with Gasteiger partial charge in [-0.1, -0.05) is 24.3 Å². The van der Waals surface area contributed by atoms with Crippen LogP contribution in [0.1, 0.15) is 43.0 Å². The Kier molecular flexibility index (Phi) is 5.44. The number of anilines is 1. The minimum Gasteiger partial charge on any atom is -0.380 e. The van der Waals surface area contributed by atoms with Crippen LogP contribution < -0.4 is 4.72 Å². The molecule has 0 unspecified atom stereocenters. The van der Waals surface area contributed by atoms with E-state index < -0.39 is 20.4 Å². The van der Waals surface area contributed by atoms with Crippen molar-refractivity contribution in [3.05, 3.63) is 54.1 Å². The van der Waals surface area contributed by atoms with Gasteiger partial charge in [0.05, 0.1) is 4.75 Å². The summed E-state index contributed by atoms with van der Waals surface area (Å²) >= 11 is 0. The minimum absolute atomic E-state index is 0.0945. The van der Waals surface area contributed by atoms with Gasteiger partial charge in [0.15, 0.2) is 0 Å². The van der Waals surface area contributed by atoms with Gasteiger partial charge in [0.25, 0.3) is 11.8 Å². The van der Waals surface area contributed by atoms with Crippen molar-refractivity contribution in [1.82, 2.24) is 9.80 Å². The summed E-state index contributed by atoms with van der Waals surface area (Å²) in [4.78, 5) is 28.6. The SMILES string of the molecule is CC1(S(=O)(=O)Nc2cccc(-c3ccc(C(=O)N4CCN(C(=O)C5(O)CC5)CC4)cc3)c2)CC1. The van der Waals surface area contributed by atoms with E-state index in [-0.39, 0.29) is 11.8 Å². The Morgan fingerprint density at radius 1 is 0.882 bits per heavy atom. The fraction of sp³-hybridized carbons (Fsp3) is 0.440. The van der Waals surface area contributed by atoms with Gasteiger partial charge >= 0.3 is 0 Å². The van der Waals surface area contributed by atoms with Gasteiger partial charge in [-0.15, -0.1) is 0 Å². The van der Waals surface area contributed by atoms with E-state index in [1.165, 1.54) is 0 Å². The van der Waals surface area contributed by atoms with Crippen molar-refractivity contribution in [2.75, 3.05) is 30.9 Å². The van der Waals surface area contributed by atoms with Crippen LogP contribution in [0.2, 0.25) is 0 Å². The van der Waals surface area contributed by atoms with Crippen LogP contribution in [0.25, 0.3) is 11.1 Å². The Morgan fingerprint density at radius 2 is 1.50 bits per heavy atom. The molecule has 1 heterocycles. The van der Waals surface area contributed by atoms with E-state index in [0.717, 1.165) is 11.1 Å². The van der Waals surface area contributed by atoms with Crippen molar-refractivity contribution in [3.63, 3.8) is 0 Å². The third-order valence-electron chi connectivity index (χ3n) is 7.16. The number of amides is 2. The van der Waals surface area contributed by atoms with Crippen LogP contribution in [0.4, 0.5) is 5.69 Å².